The molecule has 0 spiro atoms. The summed E-state index contributed by atoms with van der Waals surface area (Å²) in [6.45, 7) is 0.351. The second kappa shape index (κ2) is 4.61. The van der Waals surface area contributed by atoms with Crippen LogP contribution in [0.5, 0.6) is 0 Å². The number of ketones is 1. The quantitative estimate of drug-likeness (QED) is 0.740. The van der Waals surface area contributed by atoms with Crippen LogP contribution in [0.25, 0.3) is 22.0 Å². The maximum Gasteiger partial charge on any atom is 0.152 e. The number of nitrogens with one attached hydrogen (secondary N) is 1. The van der Waals surface area contributed by atoms with Gasteiger partial charge in [0, 0.05) is 34.8 Å². The molecule has 21 heavy (non-hydrogen) atoms. The molecule has 0 saturated heterocycles. The Kier molecular flexibility index (Phi) is 2.84. The zero-order valence-corrected chi connectivity index (χ0v) is 12.5. The Morgan fingerprint density at radius 3 is 2.86 bits per heavy atom. The van der Waals surface area contributed by atoms with Crippen molar-refractivity contribution >= 4 is 39.9 Å². The highest BCUT2D eigenvalue weighted by Gasteiger charge is 2.26. The lowest BCUT2D eigenvalue weighted by Gasteiger charge is -2.16. The summed E-state index contributed by atoms with van der Waals surface area (Å²) < 4.78 is 2.00. The molecular weight excluding hydrogens is 309 g/mol. The molecule has 4 rings (SSSR count). The van der Waals surface area contributed by atoms with E-state index in [1.54, 1.807) is 12.3 Å². The first-order valence-electron chi connectivity index (χ1n) is 6.66. The third kappa shape index (κ3) is 1.83. The number of aromatic nitrogens is 3. The van der Waals surface area contributed by atoms with Gasteiger partial charge in [-0.25, -0.2) is 0 Å². The normalized spacial score (nSPS) is 14.7. The number of Topliss-reactive ketones (excluding diaryl/α,β-unsaturated/α-hetero) is 1. The van der Waals surface area contributed by atoms with Crippen LogP contribution >= 0.6 is 23.2 Å². The van der Waals surface area contributed by atoms with Crippen molar-refractivity contribution in [2.75, 3.05) is 0 Å². The van der Waals surface area contributed by atoms with Gasteiger partial charge in [-0.2, -0.15) is 5.10 Å². The van der Waals surface area contributed by atoms with Crippen LogP contribution in [0.15, 0.2) is 24.5 Å². The summed E-state index contributed by atoms with van der Waals surface area (Å²) in [6.07, 6.45) is 4.91. The van der Waals surface area contributed by atoms with E-state index in [1.807, 2.05) is 16.8 Å². The molecule has 0 bridgehead atoms. The number of benzene rings is 1. The molecule has 1 N–H and O–H groups in total. The minimum atomic E-state index is 0.217. The average Bonchev–Trinajstić information content (AvgIpc) is 3.07. The van der Waals surface area contributed by atoms with E-state index in [4.69, 9.17) is 23.2 Å². The monoisotopic (exact) mass is 319 g/mol. The maximum atomic E-state index is 11.8. The van der Waals surface area contributed by atoms with Gasteiger partial charge in [0.1, 0.15) is 0 Å². The first kappa shape index (κ1) is 12.9. The molecule has 3 aromatic rings. The first-order valence-corrected chi connectivity index (χ1v) is 7.42. The Labute approximate surface area is 130 Å². The van der Waals surface area contributed by atoms with Gasteiger partial charge in [0.25, 0.3) is 0 Å². The second-order valence-corrected chi connectivity index (χ2v) is 5.98. The molecule has 1 aromatic carbocycles. The Balaban J connectivity index is 2.15. The summed E-state index contributed by atoms with van der Waals surface area (Å²) >= 11 is 12.5. The molecule has 6 heteroatoms. The van der Waals surface area contributed by atoms with Crippen LogP contribution in [-0.4, -0.2) is 20.5 Å². The van der Waals surface area contributed by atoms with Crippen molar-refractivity contribution in [3.8, 4) is 11.1 Å². The number of hydrogen-bond acceptors (Lipinski definition) is 2. The Hall–Kier alpha value is -1.78. The van der Waals surface area contributed by atoms with Crippen molar-refractivity contribution in [3.63, 3.8) is 0 Å². The lowest BCUT2D eigenvalue weighted by molar-refractivity contribution is -0.120. The van der Waals surface area contributed by atoms with Crippen molar-refractivity contribution in [3.05, 3.63) is 40.3 Å². The number of carbonyl (C=O) groups is 1. The summed E-state index contributed by atoms with van der Waals surface area (Å²) in [5.41, 5.74) is 4.05. The van der Waals surface area contributed by atoms with E-state index in [0.29, 0.717) is 29.4 Å². The zero-order chi connectivity index (χ0) is 14.6. The van der Waals surface area contributed by atoms with Crippen molar-refractivity contribution in [2.24, 2.45) is 0 Å². The van der Waals surface area contributed by atoms with Gasteiger partial charge in [-0.1, -0.05) is 29.3 Å². The summed E-state index contributed by atoms with van der Waals surface area (Å²) in [6, 6.07) is 3.76. The molecular formula is C15H11Cl2N3O. The van der Waals surface area contributed by atoms with Crippen LogP contribution in [0.3, 0.4) is 0 Å². The number of carbonyl (C=O) groups excluding carboxylic acids is 1. The van der Waals surface area contributed by atoms with Gasteiger partial charge in [-0.05, 0) is 12.5 Å². The van der Waals surface area contributed by atoms with Crippen LogP contribution < -0.4 is 0 Å². The smallest absolute Gasteiger partial charge is 0.152 e. The molecule has 0 radical (unpaired) electrons. The fraction of sp³-hybridized carbons (Fsp3) is 0.200. The molecule has 3 heterocycles. The summed E-state index contributed by atoms with van der Waals surface area (Å²) in [7, 11) is 0. The van der Waals surface area contributed by atoms with E-state index in [2.05, 4.69) is 10.2 Å². The van der Waals surface area contributed by atoms with E-state index >= 15 is 0 Å². The Morgan fingerprint density at radius 2 is 2.10 bits per heavy atom. The van der Waals surface area contributed by atoms with Gasteiger partial charge in [-0.15, -0.1) is 0 Å². The molecule has 2 aromatic heterocycles. The number of aromatic amines is 1. The molecule has 0 fully saturated rings. The summed E-state index contributed by atoms with van der Waals surface area (Å²) in [4.78, 5) is 11.8. The number of halogens is 2. The predicted molar refractivity (Wildman–Crippen MR) is 82.9 cm³/mol. The number of H-pyrrole nitrogens is 1. The van der Waals surface area contributed by atoms with E-state index in [0.717, 1.165) is 27.7 Å². The van der Waals surface area contributed by atoms with Crippen molar-refractivity contribution < 1.29 is 4.79 Å². The largest absolute Gasteiger partial charge is 0.335 e. The van der Waals surface area contributed by atoms with Gasteiger partial charge >= 0.3 is 0 Å². The Bertz CT molecular complexity index is 865. The number of hydrogen-bond donors (Lipinski definition) is 1. The fourth-order valence-corrected chi connectivity index (χ4v) is 3.51. The number of fused-ring (bicyclic) bond motifs is 3. The van der Waals surface area contributed by atoms with Gasteiger partial charge < -0.3 is 4.57 Å². The highest BCUT2D eigenvalue weighted by atomic mass is 35.5. The van der Waals surface area contributed by atoms with Crippen LogP contribution in [0, 0.1) is 0 Å². The summed E-state index contributed by atoms with van der Waals surface area (Å²) in [5, 5.41) is 8.88. The van der Waals surface area contributed by atoms with Crippen LogP contribution in [0.1, 0.15) is 12.1 Å². The molecule has 0 atom stereocenters. The highest BCUT2D eigenvalue weighted by Crippen LogP contribution is 2.41. The van der Waals surface area contributed by atoms with Gasteiger partial charge in [0.15, 0.2) is 5.78 Å². The lowest BCUT2D eigenvalue weighted by Crippen LogP contribution is -2.19. The van der Waals surface area contributed by atoms with Crippen LogP contribution in [0.4, 0.5) is 0 Å². The molecule has 4 nitrogen and oxygen atoms in total. The van der Waals surface area contributed by atoms with E-state index in [-0.39, 0.29) is 5.78 Å². The van der Waals surface area contributed by atoms with Crippen molar-refractivity contribution in [1.29, 1.82) is 0 Å². The second-order valence-electron chi connectivity index (χ2n) is 5.19. The lowest BCUT2D eigenvalue weighted by atomic mass is 10.0. The minimum absolute atomic E-state index is 0.217. The van der Waals surface area contributed by atoms with Crippen molar-refractivity contribution in [2.45, 2.75) is 19.4 Å². The zero-order valence-electron chi connectivity index (χ0n) is 11.0. The van der Waals surface area contributed by atoms with E-state index in [9.17, 15) is 4.79 Å². The molecule has 0 unspecified atom stereocenters. The van der Waals surface area contributed by atoms with Crippen LogP contribution in [-0.2, 0) is 17.8 Å². The van der Waals surface area contributed by atoms with E-state index < -0.39 is 0 Å². The molecule has 0 aliphatic carbocycles. The highest BCUT2D eigenvalue weighted by molar-refractivity contribution is 6.45. The number of rotatable bonds is 1. The number of nitrogens with zero attached hydrogens (tertiary/aromatic N) is 2. The first-order chi connectivity index (χ1) is 10.2. The molecule has 0 saturated carbocycles. The van der Waals surface area contributed by atoms with Crippen LogP contribution in [0.2, 0.25) is 10.0 Å². The molecule has 0 amide bonds. The molecule has 1 aliphatic rings. The third-order valence-electron chi connectivity index (χ3n) is 3.98. The third-order valence-corrected chi connectivity index (χ3v) is 4.78. The fourth-order valence-electron chi connectivity index (χ4n) is 3.09. The topological polar surface area (TPSA) is 50.7 Å². The SMILES string of the molecule is O=C1CCc2c(-c3cn[nH]c3)c3ccc(Cl)c(Cl)c3n2C1. The van der Waals surface area contributed by atoms with Gasteiger partial charge in [0.05, 0.1) is 28.3 Å². The van der Waals surface area contributed by atoms with Gasteiger partial charge in [-0.3, -0.25) is 9.89 Å². The molecule has 1 aliphatic heterocycles. The predicted octanol–water partition coefficient (Wildman–Crippen LogP) is 3.85. The average molecular weight is 320 g/mol. The minimum Gasteiger partial charge on any atom is -0.335 e. The van der Waals surface area contributed by atoms with E-state index in [1.165, 1.54) is 0 Å². The maximum absolute atomic E-state index is 11.8. The van der Waals surface area contributed by atoms with Crippen molar-refractivity contribution in [1.82, 2.24) is 14.8 Å². The standard InChI is InChI=1S/C15H11Cl2N3O/c16-11-3-2-10-13(8-5-18-19-6-8)12-4-1-9(21)7-20(12)15(10)14(11)17/h2-3,5-6H,1,4,7H2,(H,18,19). The van der Waals surface area contributed by atoms with Gasteiger partial charge in [0.2, 0.25) is 0 Å². The Morgan fingerprint density at radius 1 is 1.24 bits per heavy atom. The summed E-state index contributed by atoms with van der Waals surface area (Å²) in [5.74, 6) is 0.217. The molecule has 106 valence electrons.